The van der Waals surface area contributed by atoms with Gasteiger partial charge in [0.15, 0.2) is 0 Å². The predicted octanol–water partition coefficient (Wildman–Crippen LogP) is 2.83. The molecule has 1 aliphatic rings. The Morgan fingerprint density at radius 2 is 2.27 bits per heavy atom. The van der Waals surface area contributed by atoms with Crippen LogP contribution in [0.3, 0.4) is 0 Å². The summed E-state index contributed by atoms with van der Waals surface area (Å²) in [6.45, 7) is 4.78. The molecular formula is C13H23NO. The van der Waals surface area contributed by atoms with Crippen molar-refractivity contribution in [2.45, 2.75) is 57.4 Å². The number of Topliss-reactive ketones (excluding diaryl/α,β-unsaturated/α-hetero) is 1. The molecule has 1 fully saturated rings. The molecule has 0 aliphatic carbocycles. The van der Waals surface area contributed by atoms with Crippen LogP contribution >= 0.6 is 0 Å². The van der Waals surface area contributed by atoms with Crippen molar-refractivity contribution in [3.8, 4) is 0 Å². The lowest BCUT2D eigenvalue weighted by Gasteiger charge is -2.08. The van der Waals surface area contributed by atoms with Gasteiger partial charge in [-0.25, -0.2) is 0 Å². The summed E-state index contributed by atoms with van der Waals surface area (Å²) in [6, 6.07) is 0.477. The van der Waals surface area contributed by atoms with E-state index in [9.17, 15) is 4.79 Å². The summed E-state index contributed by atoms with van der Waals surface area (Å²) in [5.41, 5.74) is 0. The van der Waals surface area contributed by atoms with Crippen LogP contribution in [0.1, 0.15) is 51.4 Å². The molecule has 0 bridgehead atoms. The molecule has 2 nitrogen and oxygen atoms in total. The number of rotatable bonds is 8. The summed E-state index contributed by atoms with van der Waals surface area (Å²) < 4.78 is 0. The third kappa shape index (κ3) is 5.73. The third-order valence-corrected chi connectivity index (χ3v) is 3.00. The molecule has 15 heavy (non-hydrogen) atoms. The maximum atomic E-state index is 11.6. The van der Waals surface area contributed by atoms with Gasteiger partial charge in [-0.05, 0) is 38.6 Å². The minimum Gasteiger partial charge on any atom is -0.314 e. The molecule has 0 saturated carbocycles. The molecule has 1 N–H and O–H groups in total. The summed E-state index contributed by atoms with van der Waals surface area (Å²) in [5, 5.41) is 3.36. The van der Waals surface area contributed by atoms with E-state index in [0.29, 0.717) is 11.8 Å². The van der Waals surface area contributed by atoms with E-state index in [1.165, 1.54) is 19.3 Å². The highest BCUT2D eigenvalue weighted by Gasteiger charge is 2.16. The van der Waals surface area contributed by atoms with Crippen molar-refractivity contribution in [2.24, 2.45) is 0 Å². The van der Waals surface area contributed by atoms with Gasteiger partial charge in [-0.15, -0.1) is 6.58 Å². The SMILES string of the molecule is C=CCCCCCC(=O)CC1CCCN1. The van der Waals surface area contributed by atoms with Crippen LogP contribution in [0.25, 0.3) is 0 Å². The van der Waals surface area contributed by atoms with E-state index >= 15 is 0 Å². The third-order valence-electron chi connectivity index (χ3n) is 3.00. The molecule has 0 amide bonds. The molecule has 0 aromatic heterocycles. The van der Waals surface area contributed by atoms with Crippen LogP contribution in [-0.2, 0) is 4.79 Å². The Kier molecular flexibility index (Phi) is 6.33. The largest absolute Gasteiger partial charge is 0.314 e. The summed E-state index contributed by atoms with van der Waals surface area (Å²) in [7, 11) is 0. The van der Waals surface area contributed by atoms with Crippen molar-refractivity contribution >= 4 is 5.78 Å². The Morgan fingerprint density at radius 1 is 1.40 bits per heavy atom. The molecule has 1 atom stereocenters. The number of allylic oxidation sites excluding steroid dienone is 1. The minimum atomic E-state index is 0.438. The summed E-state index contributed by atoms with van der Waals surface area (Å²) in [6.07, 6.45) is 10.4. The number of hydrogen-bond donors (Lipinski definition) is 1. The van der Waals surface area contributed by atoms with Gasteiger partial charge < -0.3 is 5.32 Å². The van der Waals surface area contributed by atoms with E-state index in [1.807, 2.05) is 6.08 Å². The Labute approximate surface area is 93.1 Å². The van der Waals surface area contributed by atoms with Gasteiger partial charge in [0.25, 0.3) is 0 Å². The standard InChI is InChI=1S/C13H23NO/c1-2-3-4-5-6-9-13(15)11-12-8-7-10-14-12/h2,12,14H,1,3-11H2. The average molecular weight is 209 g/mol. The van der Waals surface area contributed by atoms with Crippen LogP contribution in [-0.4, -0.2) is 18.4 Å². The van der Waals surface area contributed by atoms with E-state index in [2.05, 4.69) is 11.9 Å². The van der Waals surface area contributed by atoms with Crippen LogP contribution in [0.4, 0.5) is 0 Å². The summed E-state index contributed by atoms with van der Waals surface area (Å²) in [5.74, 6) is 0.438. The zero-order valence-electron chi connectivity index (χ0n) is 9.63. The van der Waals surface area contributed by atoms with Gasteiger partial charge in [-0.1, -0.05) is 12.5 Å². The van der Waals surface area contributed by atoms with E-state index in [-0.39, 0.29) is 0 Å². The molecule has 86 valence electrons. The molecule has 0 aromatic carbocycles. The number of ketones is 1. The van der Waals surface area contributed by atoms with Gasteiger partial charge in [0, 0.05) is 18.9 Å². The maximum absolute atomic E-state index is 11.6. The number of hydrogen-bond acceptors (Lipinski definition) is 2. The Morgan fingerprint density at radius 3 is 2.93 bits per heavy atom. The number of unbranched alkanes of at least 4 members (excludes halogenated alkanes) is 3. The first-order valence-electron chi connectivity index (χ1n) is 6.19. The fraction of sp³-hybridized carbons (Fsp3) is 0.769. The monoisotopic (exact) mass is 209 g/mol. The van der Waals surface area contributed by atoms with E-state index < -0.39 is 0 Å². The topological polar surface area (TPSA) is 29.1 Å². The second-order valence-electron chi connectivity index (χ2n) is 4.42. The molecule has 1 aliphatic heterocycles. The first-order chi connectivity index (χ1) is 7.33. The number of carbonyl (C=O) groups is 1. The van der Waals surface area contributed by atoms with Crippen LogP contribution in [0.2, 0.25) is 0 Å². The highest BCUT2D eigenvalue weighted by molar-refractivity contribution is 5.78. The van der Waals surface area contributed by atoms with E-state index in [0.717, 1.165) is 38.6 Å². The minimum absolute atomic E-state index is 0.438. The smallest absolute Gasteiger partial charge is 0.134 e. The van der Waals surface area contributed by atoms with Crippen molar-refractivity contribution in [2.75, 3.05) is 6.54 Å². The molecule has 0 radical (unpaired) electrons. The lowest BCUT2D eigenvalue weighted by molar-refractivity contribution is -0.119. The highest BCUT2D eigenvalue weighted by atomic mass is 16.1. The molecule has 1 rings (SSSR count). The van der Waals surface area contributed by atoms with Crippen molar-refractivity contribution in [1.29, 1.82) is 0 Å². The highest BCUT2D eigenvalue weighted by Crippen LogP contribution is 2.12. The van der Waals surface area contributed by atoms with Gasteiger partial charge in [0.1, 0.15) is 5.78 Å². The van der Waals surface area contributed by atoms with Crippen LogP contribution in [0.15, 0.2) is 12.7 Å². The van der Waals surface area contributed by atoms with Crippen LogP contribution < -0.4 is 5.32 Å². The van der Waals surface area contributed by atoms with Gasteiger partial charge in [0.2, 0.25) is 0 Å². The Hall–Kier alpha value is -0.630. The fourth-order valence-electron chi connectivity index (χ4n) is 2.10. The lowest BCUT2D eigenvalue weighted by atomic mass is 10.0. The van der Waals surface area contributed by atoms with Gasteiger partial charge in [0.05, 0.1) is 0 Å². The van der Waals surface area contributed by atoms with Gasteiger partial charge in [-0.2, -0.15) is 0 Å². The predicted molar refractivity (Wildman–Crippen MR) is 63.9 cm³/mol. The summed E-state index contributed by atoms with van der Waals surface area (Å²) in [4.78, 5) is 11.6. The quantitative estimate of drug-likeness (QED) is 0.492. The van der Waals surface area contributed by atoms with Gasteiger partial charge >= 0.3 is 0 Å². The second kappa shape index (κ2) is 7.63. The first-order valence-corrected chi connectivity index (χ1v) is 6.19. The van der Waals surface area contributed by atoms with Crippen LogP contribution in [0, 0.1) is 0 Å². The van der Waals surface area contributed by atoms with Crippen LogP contribution in [0.5, 0.6) is 0 Å². The Bertz CT molecular complexity index is 195. The first kappa shape index (κ1) is 12.4. The number of carbonyl (C=O) groups excluding carboxylic acids is 1. The normalized spacial score (nSPS) is 20.4. The maximum Gasteiger partial charge on any atom is 0.134 e. The van der Waals surface area contributed by atoms with Crippen molar-refractivity contribution in [1.82, 2.24) is 5.32 Å². The second-order valence-corrected chi connectivity index (χ2v) is 4.42. The molecule has 1 heterocycles. The average Bonchev–Trinajstić information content (AvgIpc) is 2.70. The van der Waals surface area contributed by atoms with E-state index in [4.69, 9.17) is 0 Å². The van der Waals surface area contributed by atoms with Crippen molar-refractivity contribution in [3.63, 3.8) is 0 Å². The molecular weight excluding hydrogens is 186 g/mol. The van der Waals surface area contributed by atoms with Crippen molar-refractivity contribution < 1.29 is 4.79 Å². The fourth-order valence-corrected chi connectivity index (χ4v) is 2.10. The molecule has 0 aromatic rings. The molecule has 1 saturated heterocycles. The zero-order chi connectivity index (χ0) is 10.9. The summed E-state index contributed by atoms with van der Waals surface area (Å²) >= 11 is 0. The number of nitrogens with one attached hydrogen (secondary N) is 1. The zero-order valence-corrected chi connectivity index (χ0v) is 9.63. The van der Waals surface area contributed by atoms with E-state index in [1.54, 1.807) is 0 Å². The Balaban J connectivity index is 1.95. The van der Waals surface area contributed by atoms with Crippen molar-refractivity contribution in [3.05, 3.63) is 12.7 Å². The molecule has 1 unspecified atom stereocenters. The lowest BCUT2D eigenvalue weighted by Crippen LogP contribution is -2.24. The molecule has 0 spiro atoms. The molecule has 2 heteroatoms. The van der Waals surface area contributed by atoms with Gasteiger partial charge in [-0.3, -0.25) is 4.79 Å².